The highest BCUT2D eigenvalue weighted by atomic mass is 16.6. The Balaban J connectivity index is 2.42. The summed E-state index contributed by atoms with van der Waals surface area (Å²) in [5.41, 5.74) is 0.303. The van der Waals surface area contributed by atoms with Crippen molar-refractivity contribution in [1.82, 2.24) is 5.32 Å². The third-order valence-electron chi connectivity index (χ3n) is 3.20. The molecule has 6 heteroatoms. The van der Waals surface area contributed by atoms with E-state index in [4.69, 9.17) is 9.47 Å². The summed E-state index contributed by atoms with van der Waals surface area (Å²) in [5.74, 6) is -0.809. The molecule has 24 heavy (non-hydrogen) atoms. The number of aliphatic hydroxyl groups excluding tert-OH is 1. The Morgan fingerprint density at radius 3 is 2.38 bits per heavy atom. The molecule has 0 bridgehead atoms. The molecular weight excluding hydrogens is 310 g/mol. The lowest BCUT2D eigenvalue weighted by molar-refractivity contribution is -0.159. The molecule has 1 rings (SSSR count). The zero-order chi connectivity index (χ0) is 18.2. The largest absolute Gasteiger partial charge is 0.460 e. The smallest absolute Gasteiger partial charge is 0.407 e. The van der Waals surface area contributed by atoms with Gasteiger partial charge in [0.25, 0.3) is 0 Å². The fraction of sp³-hybridized carbons (Fsp3) is 0.556. The maximum atomic E-state index is 12.0. The lowest BCUT2D eigenvalue weighted by Crippen LogP contribution is -2.40. The van der Waals surface area contributed by atoms with Crippen molar-refractivity contribution in [3.05, 3.63) is 35.9 Å². The van der Waals surface area contributed by atoms with Gasteiger partial charge in [0.2, 0.25) is 0 Å². The van der Waals surface area contributed by atoms with E-state index in [2.05, 4.69) is 5.32 Å². The molecule has 0 spiro atoms. The predicted molar refractivity (Wildman–Crippen MR) is 90.3 cm³/mol. The van der Waals surface area contributed by atoms with Crippen LogP contribution in [0.1, 0.15) is 39.7 Å². The minimum absolute atomic E-state index is 0.145. The van der Waals surface area contributed by atoms with Crippen LogP contribution in [0.4, 0.5) is 4.79 Å². The Morgan fingerprint density at radius 1 is 1.21 bits per heavy atom. The highest BCUT2D eigenvalue weighted by molar-refractivity contribution is 5.73. The van der Waals surface area contributed by atoms with E-state index in [1.807, 2.05) is 30.3 Å². The van der Waals surface area contributed by atoms with Crippen molar-refractivity contribution in [3.63, 3.8) is 0 Å². The van der Waals surface area contributed by atoms with Crippen molar-refractivity contribution in [3.8, 4) is 0 Å². The molecule has 1 aromatic carbocycles. The van der Waals surface area contributed by atoms with Gasteiger partial charge in [0.15, 0.2) is 0 Å². The average molecular weight is 337 g/mol. The van der Waals surface area contributed by atoms with Crippen molar-refractivity contribution in [2.24, 2.45) is 5.92 Å². The third kappa shape index (κ3) is 7.97. The minimum Gasteiger partial charge on any atom is -0.460 e. The van der Waals surface area contributed by atoms with Gasteiger partial charge < -0.3 is 19.9 Å². The number of nitrogens with one attached hydrogen (secondary N) is 1. The summed E-state index contributed by atoms with van der Waals surface area (Å²) >= 11 is 0. The number of alkyl carbamates (subject to hydrolysis) is 1. The zero-order valence-electron chi connectivity index (χ0n) is 14.7. The van der Waals surface area contributed by atoms with Crippen LogP contribution < -0.4 is 5.32 Å². The third-order valence-corrected chi connectivity index (χ3v) is 3.20. The summed E-state index contributed by atoms with van der Waals surface area (Å²) in [6.45, 7) is 6.94. The second kappa shape index (κ2) is 9.27. The highest BCUT2D eigenvalue weighted by Crippen LogP contribution is 2.15. The van der Waals surface area contributed by atoms with Crippen LogP contribution in [0.2, 0.25) is 0 Å². The van der Waals surface area contributed by atoms with Crippen LogP contribution in [-0.4, -0.2) is 35.4 Å². The lowest BCUT2D eigenvalue weighted by Gasteiger charge is -2.24. The highest BCUT2D eigenvalue weighted by Gasteiger charge is 2.25. The minimum atomic E-state index is -0.630. The first-order valence-electron chi connectivity index (χ1n) is 8.02. The molecule has 2 N–H and O–H groups in total. The fourth-order valence-corrected chi connectivity index (χ4v) is 2.04. The molecule has 6 nitrogen and oxygen atoms in total. The molecule has 0 radical (unpaired) electrons. The number of esters is 1. The number of rotatable bonds is 7. The molecule has 2 unspecified atom stereocenters. The number of hydrogen-bond donors (Lipinski definition) is 2. The summed E-state index contributed by atoms with van der Waals surface area (Å²) in [6, 6.07) is 8.72. The number of benzene rings is 1. The molecule has 1 amide bonds. The van der Waals surface area contributed by atoms with E-state index in [1.54, 1.807) is 27.7 Å². The second-order valence-corrected chi connectivity index (χ2v) is 6.76. The average Bonchev–Trinajstić information content (AvgIpc) is 2.51. The standard InChI is InChI=1S/C18H27NO5/c1-13(16(21)24-18(2,3)4)10-15(11-20)19-17(22)23-12-14-8-6-5-7-9-14/h5-9,13,15,20H,10-12H2,1-4H3,(H,19,22). The van der Waals surface area contributed by atoms with Crippen LogP contribution in [-0.2, 0) is 20.9 Å². The molecule has 1 aromatic rings. The van der Waals surface area contributed by atoms with Crippen LogP contribution in [0.5, 0.6) is 0 Å². The molecule has 2 atom stereocenters. The van der Waals surface area contributed by atoms with Crippen molar-refractivity contribution >= 4 is 12.1 Å². The van der Waals surface area contributed by atoms with Crippen LogP contribution in [0.15, 0.2) is 30.3 Å². The van der Waals surface area contributed by atoms with Crippen molar-refractivity contribution in [1.29, 1.82) is 0 Å². The Bertz CT molecular complexity index is 524. The van der Waals surface area contributed by atoms with Gasteiger partial charge >= 0.3 is 12.1 Å². The van der Waals surface area contributed by atoms with E-state index < -0.39 is 23.7 Å². The van der Waals surface area contributed by atoms with Crippen LogP contribution in [0.3, 0.4) is 0 Å². The van der Waals surface area contributed by atoms with Gasteiger partial charge in [0.1, 0.15) is 12.2 Å². The SMILES string of the molecule is CC(CC(CO)NC(=O)OCc1ccccc1)C(=O)OC(C)(C)C. The molecule has 0 fully saturated rings. The zero-order valence-corrected chi connectivity index (χ0v) is 14.7. The van der Waals surface area contributed by atoms with Crippen LogP contribution in [0.25, 0.3) is 0 Å². The van der Waals surface area contributed by atoms with Gasteiger partial charge in [-0.25, -0.2) is 4.79 Å². The van der Waals surface area contributed by atoms with Crippen molar-refractivity contribution < 1.29 is 24.2 Å². The van der Waals surface area contributed by atoms with Gasteiger partial charge in [-0.1, -0.05) is 37.3 Å². The van der Waals surface area contributed by atoms with Crippen LogP contribution >= 0.6 is 0 Å². The van der Waals surface area contributed by atoms with E-state index in [0.717, 1.165) is 5.56 Å². The van der Waals surface area contributed by atoms with E-state index in [1.165, 1.54) is 0 Å². The summed E-state index contributed by atoms with van der Waals surface area (Å²) in [7, 11) is 0. The number of amides is 1. The number of hydrogen-bond acceptors (Lipinski definition) is 5. The normalized spacial score (nSPS) is 13.7. The summed E-state index contributed by atoms with van der Waals surface area (Å²) in [6.07, 6.45) is -0.361. The van der Waals surface area contributed by atoms with E-state index >= 15 is 0 Å². The lowest BCUT2D eigenvalue weighted by atomic mass is 10.0. The Hall–Kier alpha value is -2.08. The van der Waals surface area contributed by atoms with Gasteiger partial charge in [-0.15, -0.1) is 0 Å². The molecule has 0 aromatic heterocycles. The van der Waals surface area contributed by atoms with E-state index in [0.29, 0.717) is 0 Å². The quantitative estimate of drug-likeness (QED) is 0.747. The summed E-state index contributed by atoms with van der Waals surface area (Å²) in [5, 5.41) is 12.0. The van der Waals surface area contributed by atoms with Crippen molar-refractivity contribution in [2.45, 2.75) is 52.4 Å². The number of carbonyl (C=O) groups excluding carboxylic acids is 2. The molecule has 0 aliphatic rings. The van der Waals surface area contributed by atoms with Gasteiger partial charge in [-0.05, 0) is 32.8 Å². The van der Waals surface area contributed by atoms with E-state index in [9.17, 15) is 14.7 Å². The van der Waals surface area contributed by atoms with Gasteiger partial charge in [0, 0.05) is 0 Å². The first-order valence-corrected chi connectivity index (χ1v) is 8.02. The first-order chi connectivity index (χ1) is 11.2. The van der Waals surface area contributed by atoms with Gasteiger partial charge in [-0.2, -0.15) is 0 Å². The van der Waals surface area contributed by atoms with Gasteiger partial charge in [-0.3, -0.25) is 4.79 Å². The molecule has 134 valence electrons. The first kappa shape index (κ1) is 20.0. The molecule has 0 saturated carbocycles. The molecule has 0 aliphatic heterocycles. The van der Waals surface area contributed by atoms with Gasteiger partial charge in [0.05, 0.1) is 18.6 Å². The molecule has 0 heterocycles. The molecule has 0 aliphatic carbocycles. The topological polar surface area (TPSA) is 84.9 Å². The van der Waals surface area contributed by atoms with Crippen LogP contribution in [0, 0.1) is 5.92 Å². The summed E-state index contributed by atoms with van der Waals surface area (Å²) < 4.78 is 10.4. The second-order valence-electron chi connectivity index (χ2n) is 6.76. The number of aliphatic hydroxyl groups is 1. The fourth-order valence-electron chi connectivity index (χ4n) is 2.04. The Labute approximate surface area is 143 Å². The maximum Gasteiger partial charge on any atom is 0.407 e. The molecular formula is C18H27NO5. The monoisotopic (exact) mass is 337 g/mol. The Morgan fingerprint density at radius 2 is 1.83 bits per heavy atom. The summed E-state index contributed by atoms with van der Waals surface area (Å²) in [4.78, 5) is 23.8. The number of ether oxygens (including phenoxy) is 2. The molecule has 0 saturated heterocycles. The predicted octanol–water partition coefficient (Wildman–Crippen LogP) is 2.64. The van der Waals surface area contributed by atoms with Crippen molar-refractivity contribution in [2.75, 3.05) is 6.61 Å². The maximum absolute atomic E-state index is 12.0. The Kier molecular flexibility index (Phi) is 7.71. The number of carbonyl (C=O) groups is 2. The van der Waals surface area contributed by atoms with E-state index in [-0.39, 0.29) is 25.6 Å².